The Hall–Kier alpha value is -1.95. The molecule has 2 heterocycles. The Morgan fingerprint density at radius 2 is 1.96 bits per heavy atom. The van der Waals surface area contributed by atoms with Crippen LogP contribution < -0.4 is 23.0 Å². The lowest BCUT2D eigenvalue weighted by Crippen LogP contribution is -3.00. The second-order valence-corrected chi connectivity index (χ2v) is 5.51. The van der Waals surface area contributed by atoms with Crippen molar-refractivity contribution in [2.45, 2.75) is 20.3 Å². The van der Waals surface area contributed by atoms with Gasteiger partial charge in [0.1, 0.15) is 17.2 Å². The minimum atomic E-state index is 0. The highest BCUT2D eigenvalue weighted by Crippen LogP contribution is 2.27. The molecule has 0 radical (unpaired) electrons. The number of rotatable bonds is 7. The molecule has 2 aromatic rings. The molecule has 3 rings (SSSR count). The van der Waals surface area contributed by atoms with Gasteiger partial charge in [-0.05, 0) is 32.4 Å². The Balaban J connectivity index is 0.00000208. The number of hydrogen-bond donors (Lipinski definition) is 2. The molecular formula is C18H23ClN4O. The molecule has 3 N–H and O–H groups in total. The molecule has 0 atom stereocenters. The summed E-state index contributed by atoms with van der Waals surface area (Å²) >= 11 is 0. The lowest BCUT2D eigenvalue weighted by Gasteiger charge is -2.09. The van der Waals surface area contributed by atoms with Crippen molar-refractivity contribution in [3.63, 3.8) is 0 Å². The summed E-state index contributed by atoms with van der Waals surface area (Å²) in [6.07, 6.45) is 3.09. The Morgan fingerprint density at radius 1 is 1.17 bits per heavy atom. The highest BCUT2D eigenvalue weighted by atomic mass is 35.5. The number of hydrogen-bond acceptors (Lipinski definition) is 4. The standard InChI is InChI=1S/C18H22N4O.ClH/c1-3-23-11-7-10-19-18-17-16(20-13(2)21-18)12-15(22-17)14-8-5-4-6-9-14;/h4-6,8-9,12,22H,3,7,10-11H2,1-2H3,(H,19,20,21);1H. The molecule has 24 heavy (non-hydrogen) atoms. The van der Waals surface area contributed by atoms with Crippen LogP contribution in [0.5, 0.6) is 0 Å². The smallest absolute Gasteiger partial charge is 0.203 e. The third kappa shape index (κ3) is 4.32. The van der Waals surface area contributed by atoms with E-state index in [0.29, 0.717) is 0 Å². The number of nitrogens with zero attached hydrogens (tertiary/aromatic N) is 2. The van der Waals surface area contributed by atoms with Gasteiger partial charge in [-0.3, -0.25) is 5.32 Å². The third-order valence-corrected chi connectivity index (χ3v) is 3.75. The molecule has 6 heteroatoms. The number of anilines is 1. The van der Waals surface area contributed by atoms with Crippen molar-refractivity contribution in [2.24, 2.45) is 0 Å². The number of aromatic nitrogens is 2. The van der Waals surface area contributed by atoms with Gasteiger partial charge in [-0.2, -0.15) is 0 Å². The van der Waals surface area contributed by atoms with Crippen LogP contribution in [-0.4, -0.2) is 29.7 Å². The average Bonchev–Trinajstić information content (AvgIpc) is 2.99. The van der Waals surface area contributed by atoms with E-state index in [1.54, 1.807) is 0 Å². The van der Waals surface area contributed by atoms with E-state index in [1.165, 1.54) is 11.3 Å². The van der Waals surface area contributed by atoms with Crippen LogP contribution in [0.3, 0.4) is 0 Å². The summed E-state index contributed by atoms with van der Waals surface area (Å²) in [7, 11) is 0. The zero-order valence-electron chi connectivity index (χ0n) is 14.1. The molecule has 1 aromatic heterocycles. The van der Waals surface area contributed by atoms with Gasteiger partial charge in [0.05, 0.1) is 0 Å². The Bertz CT molecular complexity index is 704. The largest absolute Gasteiger partial charge is 1.00 e. The van der Waals surface area contributed by atoms with E-state index in [-0.39, 0.29) is 12.4 Å². The number of ether oxygens (including phenoxy) is 1. The van der Waals surface area contributed by atoms with E-state index >= 15 is 0 Å². The molecule has 128 valence electrons. The van der Waals surface area contributed by atoms with Gasteiger partial charge >= 0.3 is 0 Å². The first-order valence-electron chi connectivity index (χ1n) is 8.10. The van der Waals surface area contributed by atoms with Gasteiger partial charge in [-0.25, -0.2) is 9.97 Å². The van der Waals surface area contributed by atoms with Gasteiger partial charge in [0.15, 0.2) is 5.82 Å². The first kappa shape index (κ1) is 18.4. The Labute approximate surface area is 149 Å². The maximum atomic E-state index is 5.37. The number of quaternary nitrogens is 1. The monoisotopic (exact) mass is 346 g/mol. The quantitative estimate of drug-likeness (QED) is 0.653. The van der Waals surface area contributed by atoms with Crippen LogP contribution in [0.2, 0.25) is 0 Å². The summed E-state index contributed by atoms with van der Waals surface area (Å²) in [5.41, 5.74) is 4.44. The van der Waals surface area contributed by atoms with E-state index in [1.807, 2.05) is 19.9 Å². The lowest BCUT2D eigenvalue weighted by atomic mass is 10.1. The molecule has 0 spiro atoms. The Morgan fingerprint density at radius 3 is 2.71 bits per heavy atom. The molecule has 0 saturated heterocycles. The molecule has 1 aromatic carbocycles. The normalized spacial score (nSPS) is 12.3. The van der Waals surface area contributed by atoms with Crippen LogP contribution in [0.1, 0.15) is 30.4 Å². The summed E-state index contributed by atoms with van der Waals surface area (Å²) < 4.78 is 5.37. The molecule has 0 fully saturated rings. The third-order valence-electron chi connectivity index (χ3n) is 3.75. The average molecular weight is 347 g/mol. The minimum Gasteiger partial charge on any atom is -1.00 e. The molecule has 5 nitrogen and oxygen atoms in total. The summed E-state index contributed by atoms with van der Waals surface area (Å²) in [4.78, 5) is 9.13. The summed E-state index contributed by atoms with van der Waals surface area (Å²) in [5.74, 6) is 1.70. The highest BCUT2D eigenvalue weighted by Gasteiger charge is 2.25. The van der Waals surface area contributed by atoms with E-state index in [9.17, 15) is 0 Å². The summed E-state index contributed by atoms with van der Waals surface area (Å²) in [6.45, 7) is 6.32. The number of fused-ring (bicyclic) bond motifs is 1. The molecular weight excluding hydrogens is 324 g/mol. The van der Waals surface area contributed by atoms with Gasteiger partial charge in [-0.15, -0.1) is 0 Å². The van der Waals surface area contributed by atoms with E-state index < -0.39 is 0 Å². The second kappa shape index (κ2) is 8.78. The fourth-order valence-electron chi connectivity index (χ4n) is 2.66. The van der Waals surface area contributed by atoms with Crippen LogP contribution in [0.15, 0.2) is 30.3 Å². The first-order chi connectivity index (χ1) is 11.3. The van der Waals surface area contributed by atoms with Crippen LogP contribution in [0, 0.1) is 6.92 Å². The number of aryl methyl sites for hydroxylation is 1. The number of benzene rings is 1. The van der Waals surface area contributed by atoms with Gasteiger partial charge in [0, 0.05) is 31.4 Å². The van der Waals surface area contributed by atoms with Gasteiger partial charge in [0.25, 0.3) is 0 Å². The van der Waals surface area contributed by atoms with Gasteiger partial charge in [-0.1, -0.05) is 18.2 Å². The maximum Gasteiger partial charge on any atom is 0.203 e. The van der Waals surface area contributed by atoms with Crippen molar-refractivity contribution in [1.29, 1.82) is 0 Å². The van der Waals surface area contributed by atoms with Crippen LogP contribution >= 0.6 is 0 Å². The predicted molar refractivity (Wildman–Crippen MR) is 92.3 cm³/mol. The fraction of sp³-hybridized carbons (Fsp3) is 0.333. The zero-order valence-corrected chi connectivity index (χ0v) is 14.8. The van der Waals surface area contributed by atoms with Crippen LogP contribution in [0.25, 0.3) is 11.8 Å². The first-order valence-corrected chi connectivity index (χ1v) is 8.10. The van der Waals surface area contributed by atoms with Crippen molar-refractivity contribution < 1.29 is 22.5 Å². The van der Waals surface area contributed by atoms with E-state index in [2.05, 4.69) is 50.9 Å². The number of nitrogens with one attached hydrogen (secondary N) is 1. The SMILES string of the molecule is CCOCCCNc1nc(C)nc2c1[NH2+]C(c1ccccc1)=C2.[Cl-]. The maximum absolute atomic E-state index is 5.37. The van der Waals surface area contributed by atoms with Crippen molar-refractivity contribution in [3.05, 3.63) is 47.4 Å². The molecule has 0 unspecified atom stereocenters. The molecule has 0 amide bonds. The number of halogens is 1. The van der Waals surface area contributed by atoms with Crippen LogP contribution in [-0.2, 0) is 4.74 Å². The molecule has 1 aliphatic rings. The lowest BCUT2D eigenvalue weighted by molar-refractivity contribution is -0.464. The van der Waals surface area contributed by atoms with Crippen LogP contribution in [0.4, 0.5) is 11.5 Å². The number of nitrogens with two attached hydrogens (primary N) is 1. The molecule has 1 aliphatic heterocycles. The Kier molecular flexibility index (Phi) is 6.73. The van der Waals surface area contributed by atoms with Crippen molar-refractivity contribution in [2.75, 3.05) is 25.1 Å². The van der Waals surface area contributed by atoms with Crippen molar-refractivity contribution in [1.82, 2.24) is 9.97 Å². The predicted octanol–water partition coefficient (Wildman–Crippen LogP) is -0.666. The molecule has 0 saturated carbocycles. The topological polar surface area (TPSA) is 63.6 Å². The summed E-state index contributed by atoms with van der Waals surface area (Å²) in [6, 6.07) is 10.4. The van der Waals surface area contributed by atoms with Gasteiger partial charge in [0.2, 0.25) is 5.69 Å². The highest BCUT2D eigenvalue weighted by molar-refractivity contribution is 5.85. The second-order valence-electron chi connectivity index (χ2n) is 5.51. The fourth-order valence-corrected chi connectivity index (χ4v) is 2.66. The molecule has 0 bridgehead atoms. The zero-order chi connectivity index (χ0) is 16.1. The minimum absolute atomic E-state index is 0. The molecule has 0 aliphatic carbocycles. The van der Waals surface area contributed by atoms with E-state index in [0.717, 1.165) is 49.2 Å². The van der Waals surface area contributed by atoms with Gasteiger partial charge < -0.3 is 22.5 Å². The summed E-state index contributed by atoms with van der Waals surface area (Å²) in [5, 5.41) is 5.58. The van der Waals surface area contributed by atoms with E-state index in [4.69, 9.17) is 4.74 Å². The van der Waals surface area contributed by atoms with Crippen molar-refractivity contribution >= 4 is 23.3 Å². The van der Waals surface area contributed by atoms with Crippen molar-refractivity contribution in [3.8, 4) is 0 Å².